The third kappa shape index (κ3) is 1.91. The van der Waals surface area contributed by atoms with Gasteiger partial charge < -0.3 is 15.4 Å². The molecule has 0 bridgehead atoms. The first-order valence-electron chi connectivity index (χ1n) is 4.47. The maximum atomic E-state index is 6.09. The van der Waals surface area contributed by atoms with Crippen molar-refractivity contribution in [1.82, 2.24) is 4.98 Å². The highest BCUT2D eigenvalue weighted by atomic mass is 35.5. The van der Waals surface area contributed by atoms with Gasteiger partial charge in [-0.3, -0.25) is 0 Å². The van der Waals surface area contributed by atoms with Gasteiger partial charge in [0.15, 0.2) is 0 Å². The number of anilines is 2. The fraction of sp³-hybridized carbons (Fsp3) is 0.444. The average molecular weight is 214 g/mol. The zero-order valence-corrected chi connectivity index (χ0v) is 8.44. The van der Waals surface area contributed by atoms with Gasteiger partial charge in [0.2, 0.25) is 0 Å². The van der Waals surface area contributed by atoms with Gasteiger partial charge in [0, 0.05) is 6.54 Å². The lowest BCUT2D eigenvalue weighted by Crippen LogP contribution is -2.42. The standard InChI is InChI=1S/C9H12ClN3O/c10-8-6-14-4-3-13(8)9-2-1-7(11)5-12-9/h1-2,5,8H,3-4,6,11H2. The molecular formula is C9H12ClN3O. The number of rotatable bonds is 1. The van der Waals surface area contributed by atoms with E-state index in [-0.39, 0.29) is 5.50 Å². The lowest BCUT2D eigenvalue weighted by molar-refractivity contribution is 0.113. The number of halogens is 1. The Labute approximate surface area is 87.6 Å². The highest BCUT2D eigenvalue weighted by Gasteiger charge is 2.21. The molecule has 1 atom stereocenters. The molecular weight excluding hydrogens is 202 g/mol. The predicted molar refractivity (Wildman–Crippen MR) is 56.5 cm³/mol. The molecule has 1 aromatic rings. The molecule has 14 heavy (non-hydrogen) atoms. The molecule has 0 radical (unpaired) electrons. The molecule has 76 valence electrons. The van der Waals surface area contributed by atoms with E-state index in [1.807, 2.05) is 17.0 Å². The fourth-order valence-corrected chi connectivity index (χ4v) is 1.69. The van der Waals surface area contributed by atoms with Crippen molar-refractivity contribution >= 4 is 23.1 Å². The maximum Gasteiger partial charge on any atom is 0.129 e. The molecule has 1 aliphatic heterocycles. The van der Waals surface area contributed by atoms with Crippen molar-refractivity contribution in [2.75, 3.05) is 30.4 Å². The van der Waals surface area contributed by atoms with Crippen LogP contribution in [0.3, 0.4) is 0 Å². The van der Waals surface area contributed by atoms with Gasteiger partial charge in [-0.05, 0) is 12.1 Å². The van der Waals surface area contributed by atoms with Crippen LogP contribution < -0.4 is 10.6 Å². The Hall–Kier alpha value is -1.00. The number of hydrogen-bond donors (Lipinski definition) is 1. The Morgan fingerprint density at radius 2 is 2.43 bits per heavy atom. The van der Waals surface area contributed by atoms with Crippen molar-refractivity contribution < 1.29 is 4.74 Å². The summed E-state index contributed by atoms with van der Waals surface area (Å²) in [6.45, 7) is 1.99. The second kappa shape index (κ2) is 4.02. The molecule has 1 unspecified atom stereocenters. The van der Waals surface area contributed by atoms with Crippen molar-refractivity contribution in [2.24, 2.45) is 0 Å². The first-order chi connectivity index (χ1) is 6.77. The first kappa shape index (κ1) is 9.55. The minimum Gasteiger partial charge on any atom is -0.397 e. The number of pyridine rings is 1. The zero-order chi connectivity index (χ0) is 9.97. The Morgan fingerprint density at radius 1 is 1.57 bits per heavy atom. The molecule has 0 amide bonds. The molecule has 5 heteroatoms. The van der Waals surface area contributed by atoms with E-state index in [4.69, 9.17) is 22.1 Å². The van der Waals surface area contributed by atoms with Gasteiger partial charge in [-0.25, -0.2) is 4.98 Å². The summed E-state index contributed by atoms with van der Waals surface area (Å²) < 4.78 is 5.23. The largest absolute Gasteiger partial charge is 0.397 e. The summed E-state index contributed by atoms with van der Waals surface area (Å²) in [5.74, 6) is 0.850. The van der Waals surface area contributed by atoms with E-state index >= 15 is 0 Å². The lowest BCUT2D eigenvalue weighted by Gasteiger charge is -2.32. The normalized spacial score (nSPS) is 22.4. The monoisotopic (exact) mass is 213 g/mol. The third-order valence-corrected chi connectivity index (χ3v) is 2.50. The Balaban J connectivity index is 2.16. The highest BCUT2D eigenvalue weighted by molar-refractivity contribution is 6.22. The van der Waals surface area contributed by atoms with Gasteiger partial charge in [0.1, 0.15) is 11.3 Å². The number of nitrogen functional groups attached to an aromatic ring is 1. The van der Waals surface area contributed by atoms with Crippen molar-refractivity contribution in [3.05, 3.63) is 18.3 Å². The number of hydrogen-bond acceptors (Lipinski definition) is 4. The summed E-state index contributed by atoms with van der Waals surface area (Å²) in [6.07, 6.45) is 1.63. The topological polar surface area (TPSA) is 51.4 Å². The molecule has 0 aromatic carbocycles. The molecule has 0 saturated carbocycles. The van der Waals surface area contributed by atoms with Gasteiger partial charge in [0.25, 0.3) is 0 Å². The van der Waals surface area contributed by atoms with Crippen LogP contribution >= 0.6 is 11.6 Å². The van der Waals surface area contributed by atoms with Gasteiger partial charge in [-0.1, -0.05) is 11.6 Å². The average Bonchev–Trinajstić information content (AvgIpc) is 2.20. The number of nitrogens with zero attached hydrogens (tertiary/aromatic N) is 2. The van der Waals surface area contributed by atoms with Crippen molar-refractivity contribution in [3.8, 4) is 0 Å². The fourth-order valence-electron chi connectivity index (χ4n) is 1.40. The van der Waals surface area contributed by atoms with Crippen LogP contribution in [0.1, 0.15) is 0 Å². The molecule has 1 fully saturated rings. The molecule has 2 N–H and O–H groups in total. The number of ether oxygens (including phenoxy) is 1. The molecule has 0 aliphatic carbocycles. The van der Waals surface area contributed by atoms with E-state index in [9.17, 15) is 0 Å². The molecule has 4 nitrogen and oxygen atoms in total. The minimum atomic E-state index is -0.139. The molecule has 2 rings (SSSR count). The lowest BCUT2D eigenvalue weighted by atomic mass is 10.3. The molecule has 1 saturated heterocycles. The summed E-state index contributed by atoms with van der Waals surface area (Å²) in [5.41, 5.74) is 6.07. The Kier molecular flexibility index (Phi) is 2.74. The second-order valence-electron chi connectivity index (χ2n) is 3.15. The van der Waals surface area contributed by atoms with Crippen LogP contribution in [0.15, 0.2) is 18.3 Å². The quantitative estimate of drug-likeness (QED) is 0.560. The van der Waals surface area contributed by atoms with E-state index in [0.29, 0.717) is 18.9 Å². The summed E-state index contributed by atoms with van der Waals surface area (Å²) in [6, 6.07) is 3.69. The summed E-state index contributed by atoms with van der Waals surface area (Å²) in [4.78, 5) is 6.22. The van der Waals surface area contributed by atoms with Crippen LogP contribution in [0.2, 0.25) is 0 Å². The van der Waals surface area contributed by atoms with Gasteiger partial charge in [-0.15, -0.1) is 0 Å². The maximum absolute atomic E-state index is 6.09. The first-order valence-corrected chi connectivity index (χ1v) is 4.91. The number of aromatic nitrogens is 1. The van der Waals surface area contributed by atoms with E-state index < -0.39 is 0 Å². The molecule has 2 heterocycles. The van der Waals surface area contributed by atoms with Crippen molar-refractivity contribution in [2.45, 2.75) is 5.50 Å². The predicted octanol–water partition coefficient (Wildman–Crippen LogP) is 1.07. The van der Waals surface area contributed by atoms with Gasteiger partial charge in [0.05, 0.1) is 25.1 Å². The second-order valence-corrected chi connectivity index (χ2v) is 3.66. The van der Waals surface area contributed by atoms with E-state index in [0.717, 1.165) is 12.4 Å². The van der Waals surface area contributed by atoms with Crippen LogP contribution in [-0.4, -0.2) is 30.2 Å². The van der Waals surface area contributed by atoms with Crippen LogP contribution in [0, 0.1) is 0 Å². The number of alkyl halides is 1. The summed E-state index contributed by atoms with van der Waals surface area (Å²) in [5, 5.41) is 0. The van der Waals surface area contributed by atoms with Crippen LogP contribution in [0.25, 0.3) is 0 Å². The van der Waals surface area contributed by atoms with E-state index in [1.54, 1.807) is 6.20 Å². The van der Waals surface area contributed by atoms with Crippen molar-refractivity contribution in [1.29, 1.82) is 0 Å². The van der Waals surface area contributed by atoms with Crippen LogP contribution in [0.4, 0.5) is 11.5 Å². The molecule has 0 spiro atoms. The minimum absolute atomic E-state index is 0.139. The number of morpholine rings is 1. The van der Waals surface area contributed by atoms with Gasteiger partial charge in [-0.2, -0.15) is 0 Å². The van der Waals surface area contributed by atoms with Crippen LogP contribution in [-0.2, 0) is 4.74 Å². The smallest absolute Gasteiger partial charge is 0.129 e. The molecule has 1 aromatic heterocycles. The Morgan fingerprint density at radius 3 is 3.07 bits per heavy atom. The van der Waals surface area contributed by atoms with E-state index in [2.05, 4.69) is 4.98 Å². The van der Waals surface area contributed by atoms with Crippen molar-refractivity contribution in [3.63, 3.8) is 0 Å². The summed E-state index contributed by atoms with van der Waals surface area (Å²) in [7, 11) is 0. The van der Waals surface area contributed by atoms with Crippen LogP contribution in [0.5, 0.6) is 0 Å². The highest BCUT2D eigenvalue weighted by Crippen LogP contribution is 2.19. The summed E-state index contributed by atoms with van der Waals surface area (Å²) >= 11 is 6.09. The number of nitrogens with two attached hydrogens (primary N) is 1. The Bertz CT molecular complexity index is 303. The van der Waals surface area contributed by atoms with E-state index in [1.165, 1.54) is 0 Å². The zero-order valence-electron chi connectivity index (χ0n) is 7.69. The molecule has 1 aliphatic rings. The van der Waals surface area contributed by atoms with Gasteiger partial charge >= 0.3 is 0 Å². The third-order valence-electron chi connectivity index (χ3n) is 2.14. The SMILES string of the molecule is Nc1ccc(N2CCOCC2Cl)nc1.